The molecule has 0 N–H and O–H groups in total. The molecule has 2 aromatic carbocycles. The number of hydrogen-bond acceptors (Lipinski definition) is 6. The summed E-state index contributed by atoms with van der Waals surface area (Å²) >= 11 is 7.83. The molecular weight excluding hydrogens is 444 g/mol. The van der Waals surface area contributed by atoms with Crippen LogP contribution in [0.4, 0.5) is 5.13 Å². The standard InChI is InChI=1S/C25H29ClN2O3S/c1-2-30-24(29)10-7-19-5-3-4-6-22(19)31-16-13-18-11-14-28(15-12-18)25-27-21-9-8-20(26)17-23(21)32-25/h3-6,8-9,17-18H,2,7,10-16H2,1H3. The number of aromatic nitrogens is 1. The van der Waals surface area contributed by atoms with Crippen LogP contribution in [0, 0.1) is 5.92 Å². The molecule has 1 aliphatic rings. The van der Waals surface area contributed by atoms with E-state index in [0.717, 1.165) is 64.0 Å². The van der Waals surface area contributed by atoms with E-state index in [-0.39, 0.29) is 5.97 Å². The van der Waals surface area contributed by atoms with Crippen LogP contribution in [0.3, 0.4) is 0 Å². The second-order valence-corrected chi connectivity index (χ2v) is 9.53. The number of para-hydroxylation sites is 1. The molecule has 1 aliphatic heterocycles. The van der Waals surface area contributed by atoms with Crippen LogP contribution in [-0.2, 0) is 16.0 Å². The molecule has 2 heterocycles. The van der Waals surface area contributed by atoms with Crippen molar-refractivity contribution in [2.75, 3.05) is 31.2 Å². The largest absolute Gasteiger partial charge is 0.493 e. The predicted octanol–water partition coefficient (Wildman–Crippen LogP) is 6.13. The first-order chi connectivity index (χ1) is 15.6. The van der Waals surface area contributed by atoms with Crippen molar-refractivity contribution in [1.82, 2.24) is 4.98 Å². The van der Waals surface area contributed by atoms with Crippen molar-refractivity contribution < 1.29 is 14.3 Å². The lowest BCUT2D eigenvalue weighted by Gasteiger charge is -2.31. The molecule has 32 heavy (non-hydrogen) atoms. The van der Waals surface area contributed by atoms with E-state index in [0.29, 0.717) is 32.0 Å². The second-order valence-electron chi connectivity index (χ2n) is 8.09. The number of ether oxygens (including phenoxy) is 2. The van der Waals surface area contributed by atoms with Gasteiger partial charge in [-0.25, -0.2) is 4.98 Å². The summed E-state index contributed by atoms with van der Waals surface area (Å²) in [5.41, 5.74) is 2.08. The summed E-state index contributed by atoms with van der Waals surface area (Å²) in [4.78, 5) is 18.8. The summed E-state index contributed by atoms with van der Waals surface area (Å²) in [6, 6.07) is 13.9. The zero-order valence-corrected chi connectivity index (χ0v) is 20.0. The number of piperidine rings is 1. The first-order valence-electron chi connectivity index (χ1n) is 11.3. The fourth-order valence-corrected chi connectivity index (χ4v) is 5.38. The van der Waals surface area contributed by atoms with Gasteiger partial charge in [-0.15, -0.1) is 0 Å². The molecule has 170 valence electrons. The van der Waals surface area contributed by atoms with E-state index in [9.17, 15) is 4.79 Å². The molecule has 1 saturated heterocycles. The van der Waals surface area contributed by atoms with Gasteiger partial charge >= 0.3 is 5.97 Å². The number of carbonyl (C=O) groups excluding carboxylic acids is 1. The lowest BCUT2D eigenvalue weighted by atomic mass is 9.94. The maximum atomic E-state index is 11.7. The molecule has 1 fully saturated rings. The van der Waals surface area contributed by atoms with Crippen molar-refractivity contribution in [2.45, 2.75) is 39.0 Å². The van der Waals surface area contributed by atoms with Crippen molar-refractivity contribution >= 4 is 44.3 Å². The smallest absolute Gasteiger partial charge is 0.306 e. The van der Waals surface area contributed by atoms with Gasteiger partial charge in [0, 0.05) is 24.5 Å². The Balaban J connectivity index is 1.24. The average Bonchev–Trinajstić information content (AvgIpc) is 3.22. The molecule has 0 saturated carbocycles. The number of rotatable bonds is 9. The Bertz CT molecular complexity index is 1050. The van der Waals surface area contributed by atoms with Crippen molar-refractivity contribution in [3.05, 3.63) is 53.1 Å². The van der Waals surface area contributed by atoms with Crippen LogP contribution in [-0.4, -0.2) is 37.3 Å². The Kier molecular flexibility index (Phi) is 7.87. The van der Waals surface area contributed by atoms with Crippen molar-refractivity contribution in [1.29, 1.82) is 0 Å². The van der Waals surface area contributed by atoms with E-state index in [1.54, 1.807) is 11.3 Å². The minimum Gasteiger partial charge on any atom is -0.493 e. The molecule has 0 radical (unpaired) electrons. The highest BCUT2D eigenvalue weighted by atomic mass is 35.5. The Morgan fingerprint density at radius 2 is 2.03 bits per heavy atom. The SMILES string of the molecule is CCOC(=O)CCc1ccccc1OCCC1CCN(c2nc3ccc(Cl)cc3s2)CC1. The van der Waals surface area contributed by atoms with E-state index < -0.39 is 0 Å². The first-order valence-corrected chi connectivity index (χ1v) is 12.5. The van der Waals surface area contributed by atoms with Gasteiger partial charge in [-0.2, -0.15) is 0 Å². The minimum atomic E-state index is -0.162. The van der Waals surface area contributed by atoms with Gasteiger partial charge in [0.05, 0.1) is 23.4 Å². The summed E-state index contributed by atoms with van der Waals surface area (Å²) in [6.45, 7) is 4.99. The molecule has 0 bridgehead atoms. The topological polar surface area (TPSA) is 51.7 Å². The van der Waals surface area contributed by atoms with E-state index in [4.69, 9.17) is 26.1 Å². The quantitative estimate of drug-likeness (QED) is 0.350. The van der Waals surface area contributed by atoms with Gasteiger partial charge in [-0.05, 0) is 68.4 Å². The Hall–Kier alpha value is -2.31. The molecule has 4 rings (SSSR count). The molecule has 7 heteroatoms. The van der Waals surface area contributed by atoms with Crippen LogP contribution in [0.1, 0.15) is 38.2 Å². The summed E-state index contributed by atoms with van der Waals surface area (Å²) in [5, 5.41) is 1.85. The number of carbonyl (C=O) groups is 1. The second kappa shape index (κ2) is 11.0. The van der Waals surface area contributed by atoms with Crippen LogP contribution in [0.15, 0.2) is 42.5 Å². The van der Waals surface area contributed by atoms with Gasteiger partial charge in [-0.1, -0.05) is 41.1 Å². The molecule has 0 spiro atoms. The summed E-state index contributed by atoms with van der Waals surface area (Å²) < 4.78 is 12.3. The lowest BCUT2D eigenvalue weighted by molar-refractivity contribution is -0.143. The number of aryl methyl sites for hydroxylation is 1. The van der Waals surface area contributed by atoms with Gasteiger partial charge in [0.15, 0.2) is 5.13 Å². The van der Waals surface area contributed by atoms with Gasteiger partial charge in [0.2, 0.25) is 0 Å². The third-order valence-electron chi connectivity index (χ3n) is 5.88. The zero-order chi connectivity index (χ0) is 22.3. The van der Waals surface area contributed by atoms with E-state index in [1.807, 2.05) is 49.4 Å². The number of benzene rings is 2. The molecule has 0 atom stereocenters. The predicted molar refractivity (Wildman–Crippen MR) is 131 cm³/mol. The third kappa shape index (κ3) is 5.93. The highest BCUT2D eigenvalue weighted by Gasteiger charge is 2.22. The van der Waals surface area contributed by atoms with E-state index in [2.05, 4.69) is 4.90 Å². The van der Waals surface area contributed by atoms with Gasteiger partial charge in [-0.3, -0.25) is 4.79 Å². The average molecular weight is 473 g/mol. The first kappa shape index (κ1) is 22.9. The third-order valence-corrected chi connectivity index (χ3v) is 7.20. The zero-order valence-electron chi connectivity index (χ0n) is 18.4. The molecule has 1 aromatic heterocycles. The van der Waals surface area contributed by atoms with Crippen molar-refractivity contribution in [3.8, 4) is 5.75 Å². The van der Waals surface area contributed by atoms with E-state index >= 15 is 0 Å². The van der Waals surface area contributed by atoms with Crippen LogP contribution in [0.2, 0.25) is 5.02 Å². The molecule has 3 aromatic rings. The van der Waals surface area contributed by atoms with Crippen LogP contribution in [0.5, 0.6) is 5.75 Å². The number of thiazole rings is 1. The van der Waals surface area contributed by atoms with Gasteiger partial charge < -0.3 is 14.4 Å². The molecule has 5 nitrogen and oxygen atoms in total. The van der Waals surface area contributed by atoms with Gasteiger partial charge in [0.1, 0.15) is 5.75 Å². The molecule has 0 amide bonds. The number of esters is 1. The molecule has 0 aliphatic carbocycles. The number of fused-ring (bicyclic) bond motifs is 1. The Morgan fingerprint density at radius 3 is 2.84 bits per heavy atom. The number of halogens is 1. The fourth-order valence-electron chi connectivity index (χ4n) is 4.09. The highest BCUT2D eigenvalue weighted by molar-refractivity contribution is 7.22. The molecular formula is C25H29ClN2O3S. The monoisotopic (exact) mass is 472 g/mol. The van der Waals surface area contributed by atoms with E-state index in [1.165, 1.54) is 0 Å². The molecule has 0 unspecified atom stereocenters. The van der Waals surface area contributed by atoms with Crippen LogP contribution in [0.25, 0.3) is 10.2 Å². The van der Waals surface area contributed by atoms with Gasteiger partial charge in [0.25, 0.3) is 0 Å². The van der Waals surface area contributed by atoms with Crippen molar-refractivity contribution in [3.63, 3.8) is 0 Å². The number of hydrogen-bond donors (Lipinski definition) is 0. The summed E-state index contributed by atoms with van der Waals surface area (Å²) in [6.07, 6.45) is 4.34. The normalized spacial score (nSPS) is 14.6. The number of anilines is 1. The highest BCUT2D eigenvalue weighted by Crippen LogP contribution is 2.33. The maximum Gasteiger partial charge on any atom is 0.306 e. The summed E-state index contributed by atoms with van der Waals surface area (Å²) in [5.74, 6) is 1.37. The van der Waals surface area contributed by atoms with Crippen LogP contribution >= 0.6 is 22.9 Å². The van der Waals surface area contributed by atoms with Crippen LogP contribution < -0.4 is 9.64 Å². The lowest BCUT2D eigenvalue weighted by Crippen LogP contribution is -2.34. The Labute approximate surface area is 198 Å². The fraction of sp³-hybridized carbons (Fsp3) is 0.440. The summed E-state index contributed by atoms with van der Waals surface area (Å²) in [7, 11) is 0. The maximum absolute atomic E-state index is 11.7. The Morgan fingerprint density at radius 1 is 1.22 bits per heavy atom. The minimum absolute atomic E-state index is 0.162. The number of nitrogens with zero attached hydrogens (tertiary/aromatic N) is 2. The van der Waals surface area contributed by atoms with Crippen molar-refractivity contribution in [2.24, 2.45) is 5.92 Å².